The number of anilines is 1. The van der Waals surface area contributed by atoms with Crippen LogP contribution >= 0.6 is 0 Å². The minimum atomic E-state index is -0.0505. The summed E-state index contributed by atoms with van der Waals surface area (Å²) in [6.45, 7) is 2.34. The van der Waals surface area contributed by atoms with Gasteiger partial charge in [0.05, 0.1) is 6.61 Å². The molecule has 0 bridgehead atoms. The second-order valence-electron chi connectivity index (χ2n) is 5.41. The summed E-state index contributed by atoms with van der Waals surface area (Å²) >= 11 is 0. The summed E-state index contributed by atoms with van der Waals surface area (Å²) in [6, 6.07) is 8.16. The van der Waals surface area contributed by atoms with E-state index in [0.29, 0.717) is 24.9 Å². The van der Waals surface area contributed by atoms with Gasteiger partial charge in [-0.1, -0.05) is 18.6 Å². The van der Waals surface area contributed by atoms with Crippen LogP contribution < -0.4 is 5.73 Å². The van der Waals surface area contributed by atoms with Crippen molar-refractivity contribution in [2.75, 3.05) is 12.3 Å². The van der Waals surface area contributed by atoms with Crippen molar-refractivity contribution in [3.63, 3.8) is 0 Å². The molecule has 0 spiro atoms. The smallest absolute Gasteiger partial charge is 0.306 e. The molecule has 0 heterocycles. The molecule has 19 heavy (non-hydrogen) atoms. The van der Waals surface area contributed by atoms with Gasteiger partial charge in [0.2, 0.25) is 0 Å². The van der Waals surface area contributed by atoms with Gasteiger partial charge in [0.25, 0.3) is 0 Å². The molecule has 1 fully saturated rings. The van der Waals surface area contributed by atoms with Crippen molar-refractivity contribution < 1.29 is 9.53 Å². The van der Waals surface area contributed by atoms with E-state index in [-0.39, 0.29) is 5.97 Å². The van der Waals surface area contributed by atoms with Gasteiger partial charge >= 0.3 is 5.97 Å². The van der Waals surface area contributed by atoms with E-state index in [1.165, 1.54) is 18.4 Å². The second-order valence-corrected chi connectivity index (χ2v) is 5.41. The molecule has 1 aromatic rings. The van der Waals surface area contributed by atoms with Gasteiger partial charge in [0, 0.05) is 12.1 Å². The fourth-order valence-corrected chi connectivity index (χ4v) is 3.00. The largest absolute Gasteiger partial charge is 0.466 e. The Kier molecular flexibility index (Phi) is 4.83. The molecule has 2 N–H and O–H groups in total. The van der Waals surface area contributed by atoms with Crippen molar-refractivity contribution >= 4 is 11.7 Å². The summed E-state index contributed by atoms with van der Waals surface area (Å²) < 4.78 is 5.05. The topological polar surface area (TPSA) is 52.3 Å². The lowest BCUT2D eigenvalue weighted by molar-refractivity contribution is -0.144. The third kappa shape index (κ3) is 3.98. The summed E-state index contributed by atoms with van der Waals surface area (Å²) in [4.78, 5) is 11.6. The highest BCUT2D eigenvalue weighted by atomic mass is 16.5. The van der Waals surface area contributed by atoms with Crippen LogP contribution in [0.5, 0.6) is 0 Å². The van der Waals surface area contributed by atoms with Crippen molar-refractivity contribution in [1.82, 2.24) is 0 Å². The van der Waals surface area contributed by atoms with Gasteiger partial charge in [-0.05, 0) is 55.7 Å². The van der Waals surface area contributed by atoms with Gasteiger partial charge in [-0.2, -0.15) is 0 Å². The number of ether oxygens (including phenoxy) is 1. The predicted octanol–water partition coefficient (Wildman–Crippen LogP) is 3.50. The molecule has 2 atom stereocenters. The second kappa shape index (κ2) is 6.60. The molecule has 1 aromatic carbocycles. The SMILES string of the molecule is CCOC(=O)CC1CCCC(c2ccc(N)cc2)C1. The summed E-state index contributed by atoms with van der Waals surface area (Å²) in [5.74, 6) is 0.981. The maximum atomic E-state index is 11.6. The number of carbonyl (C=O) groups is 1. The van der Waals surface area contributed by atoms with Crippen LogP contribution in [0.2, 0.25) is 0 Å². The third-order valence-corrected chi connectivity index (χ3v) is 3.95. The Hall–Kier alpha value is -1.51. The molecule has 1 aliphatic carbocycles. The lowest BCUT2D eigenvalue weighted by Gasteiger charge is -2.29. The van der Waals surface area contributed by atoms with E-state index in [4.69, 9.17) is 10.5 Å². The average molecular weight is 261 g/mol. The highest BCUT2D eigenvalue weighted by Gasteiger charge is 2.25. The Morgan fingerprint density at radius 2 is 2.05 bits per heavy atom. The quantitative estimate of drug-likeness (QED) is 0.666. The molecule has 2 rings (SSSR count). The zero-order valence-electron chi connectivity index (χ0n) is 11.6. The molecular weight excluding hydrogens is 238 g/mol. The van der Waals surface area contributed by atoms with Crippen molar-refractivity contribution in [3.05, 3.63) is 29.8 Å². The summed E-state index contributed by atoms with van der Waals surface area (Å²) in [5.41, 5.74) is 7.88. The van der Waals surface area contributed by atoms with Crippen molar-refractivity contribution in [1.29, 1.82) is 0 Å². The van der Waals surface area contributed by atoms with Gasteiger partial charge in [0.15, 0.2) is 0 Å². The highest BCUT2D eigenvalue weighted by molar-refractivity contribution is 5.69. The van der Waals surface area contributed by atoms with Gasteiger partial charge in [-0.15, -0.1) is 0 Å². The lowest BCUT2D eigenvalue weighted by atomic mass is 9.77. The third-order valence-electron chi connectivity index (χ3n) is 3.95. The fourth-order valence-electron chi connectivity index (χ4n) is 3.00. The van der Waals surface area contributed by atoms with Crippen LogP contribution in [0.3, 0.4) is 0 Å². The number of esters is 1. The first kappa shape index (κ1) is 13.9. The molecule has 0 aliphatic heterocycles. The molecule has 1 aliphatic rings. The monoisotopic (exact) mass is 261 g/mol. The number of nitrogens with two attached hydrogens (primary N) is 1. The Bertz CT molecular complexity index is 413. The van der Waals surface area contributed by atoms with E-state index in [1.54, 1.807) is 0 Å². The lowest BCUT2D eigenvalue weighted by Crippen LogP contribution is -2.18. The maximum absolute atomic E-state index is 11.6. The van der Waals surface area contributed by atoms with E-state index < -0.39 is 0 Å². The first-order valence-electron chi connectivity index (χ1n) is 7.20. The van der Waals surface area contributed by atoms with Gasteiger partial charge < -0.3 is 10.5 Å². The first-order chi connectivity index (χ1) is 9.19. The van der Waals surface area contributed by atoms with E-state index in [9.17, 15) is 4.79 Å². The zero-order valence-corrected chi connectivity index (χ0v) is 11.6. The molecule has 3 nitrogen and oxygen atoms in total. The van der Waals surface area contributed by atoms with Crippen molar-refractivity contribution in [3.8, 4) is 0 Å². The van der Waals surface area contributed by atoms with Crippen molar-refractivity contribution in [2.24, 2.45) is 5.92 Å². The molecule has 0 amide bonds. The van der Waals surface area contributed by atoms with Crippen LogP contribution in [0.1, 0.15) is 50.5 Å². The van der Waals surface area contributed by atoms with Gasteiger partial charge in [-0.3, -0.25) is 4.79 Å². The van der Waals surface area contributed by atoms with E-state index in [0.717, 1.165) is 18.5 Å². The Morgan fingerprint density at radius 3 is 2.74 bits per heavy atom. The Balaban J connectivity index is 1.93. The minimum Gasteiger partial charge on any atom is -0.466 e. The van der Waals surface area contributed by atoms with Crippen LogP contribution in [-0.2, 0) is 9.53 Å². The summed E-state index contributed by atoms with van der Waals surface area (Å²) in [6.07, 6.45) is 5.20. The number of benzene rings is 1. The molecule has 2 unspecified atom stereocenters. The first-order valence-corrected chi connectivity index (χ1v) is 7.20. The molecular formula is C16H23NO2. The number of nitrogen functional groups attached to an aromatic ring is 1. The average Bonchev–Trinajstić information content (AvgIpc) is 2.40. The highest BCUT2D eigenvalue weighted by Crippen LogP contribution is 2.37. The Morgan fingerprint density at radius 1 is 1.32 bits per heavy atom. The maximum Gasteiger partial charge on any atom is 0.306 e. The number of rotatable bonds is 4. The Labute approximate surface area is 115 Å². The van der Waals surface area contributed by atoms with Gasteiger partial charge in [-0.25, -0.2) is 0 Å². The number of carbonyl (C=O) groups excluding carboxylic acids is 1. The molecule has 0 radical (unpaired) electrons. The normalized spacial score (nSPS) is 23.0. The van der Waals surface area contributed by atoms with Crippen LogP contribution in [0.4, 0.5) is 5.69 Å². The van der Waals surface area contributed by atoms with Crippen LogP contribution in [0.15, 0.2) is 24.3 Å². The summed E-state index contributed by atoms with van der Waals surface area (Å²) in [7, 11) is 0. The molecule has 3 heteroatoms. The summed E-state index contributed by atoms with van der Waals surface area (Å²) in [5, 5.41) is 0. The zero-order chi connectivity index (χ0) is 13.7. The molecule has 1 saturated carbocycles. The number of hydrogen-bond acceptors (Lipinski definition) is 3. The molecule has 0 aromatic heterocycles. The van der Waals surface area contributed by atoms with Crippen molar-refractivity contribution in [2.45, 2.75) is 44.9 Å². The predicted molar refractivity (Wildman–Crippen MR) is 76.8 cm³/mol. The van der Waals surface area contributed by atoms with E-state index in [2.05, 4.69) is 12.1 Å². The number of hydrogen-bond donors (Lipinski definition) is 1. The fraction of sp³-hybridized carbons (Fsp3) is 0.562. The van der Waals surface area contributed by atoms with Crippen LogP contribution in [0, 0.1) is 5.92 Å². The molecule has 104 valence electrons. The van der Waals surface area contributed by atoms with E-state index in [1.807, 2.05) is 19.1 Å². The van der Waals surface area contributed by atoms with Crippen LogP contribution in [0.25, 0.3) is 0 Å². The van der Waals surface area contributed by atoms with Crippen LogP contribution in [-0.4, -0.2) is 12.6 Å². The minimum absolute atomic E-state index is 0.0505. The van der Waals surface area contributed by atoms with E-state index >= 15 is 0 Å². The standard InChI is InChI=1S/C16H23NO2/c1-2-19-16(18)11-12-4-3-5-14(10-12)13-6-8-15(17)9-7-13/h6-9,12,14H,2-5,10-11,17H2,1H3. The molecule has 0 saturated heterocycles. The van der Waals surface area contributed by atoms with Gasteiger partial charge in [0.1, 0.15) is 0 Å².